The highest BCUT2D eigenvalue weighted by Crippen LogP contribution is 2.31. The first-order chi connectivity index (χ1) is 12.2. The molecule has 1 saturated carbocycles. The standard InChI is InChI=1S/C18H35N3O4S/c1-5-19-18(22)21-11-10-16(20-26(4,23)24)17(21)12-25-15-8-6-14(7-9-15)13(2)3/h13-17,20H,5-12H2,1-4H3,(H,19,22)/t14?,15?,16-,17-/m0/s1. The van der Waals surface area contributed by atoms with E-state index in [1.807, 2.05) is 6.92 Å². The Bertz CT molecular complexity index is 559. The van der Waals surface area contributed by atoms with Crippen LogP contribution in [0.1, 0.15) is 52.9 Å². The van der Waals surface area contributed by atoms with Crippen molar-refractivity contribution in [2.24, 2.45) is 11.8 Å². The number of hydrogen-bond acceptors (Lipinski definition) is 4. The Kier molecular flexibility index (Phi) is 7.73. The van der Waals surface area contributed by atoms with Gasteiger partial charge in [0.25, 0.3) is 0 Å². The molecule has 0 bridgehead atoms. The van der Waals surface area contributed by atoms with E-state index in [4.69, 9.17) is 4.74 Å². The van der Waals surface area contributed by atoms with Gasteiger partial charge in [-0.25, -0.2) is 17.9 Å². The molecule has 1 aliphatic heterocycles. The second kappa shape index (κ2) is 9.37. The summed E-state index contributed by atoms with van der Waals surface area (Å²) in [4.78, 5) is 14.0. The number of nitrogens with one attached hydrogen (secondary N) is 2. The largest absolute Gasteiger partial charge is 0.376 e. The molecule has 2 rings (SSSR count). The number of nitrogens with zero attached hydrogens (tertiary/aromatic N) is 1. The van der Waals surface area contributed by atoms with Crippen LogP contribution in [-0.2, 0) is 14.8 Å². The van der Waals surface area contributed by atoms with E-state index in [0.717, 1.165) is 25.0 Å². The molecule has 2 aliphatic rings. The third-order valence-electron chi connectivity index (χ3n) is 5.66. The molecule has 1 heterocycles. The quantitative estimate of drug-likeness (QED) is 0.696. The molecule has 0 spiro atoms. The number of carbonyl (C=O) groups is 1. The van der Waals surface area contributed by atoms with E-state index < -0.39 is 10.0 Å². The fourth-order valence-electron chi connectivity index (χ4n) is 4.13. The van der Waals surface area contributed by atoms with Crippen LogP contribution in [0, 0.1) is 11.8 Å². The second-order valence-corrected chi connectivity index (χ2v) is 9.78. The van der Waals surface area contributed by atoms with Crippen LogP contribution in [0.25, 0.3) is 0 Å². The van der Waals surface area contributed by atoms with E-state index in [1.165, 1.54) is 12.8 Å². The maximum atomic E-state index is 12.3. The number of hydrogen-bond donors (Lipinski definition) is 2. The molecule has 0 aromatic heterocycles. The van der Waals surface area contributed by atoms with Gasteiger partial charge in [-0.2, -0.15) is 0 Å². The Labute approximate surface area is 158 Å². The van der Waals surface area contributed by atoms with E-state index >= 15 is 0 Å². The van der Waals surface area contributed by atoms with Gasteiger partial charge in [0.1, 0.15) is 0 Å². The van der Waals surface area contributed by atoms with Crippen LogP contribution in [0.4, 0.5) is 4.79 Å². The lowest BCUT2D eigenvalue weighted by atomic mass is 9.80. The normalized spacial score (nSPS) is 30.0. The summed E-state index contributed by atoms with van der Waals surface area (Å²) < 4.78 is 32.2. The molecule has 1 aliphatic carbocycles. The molecule has 0 radical (unpaired) electrons. The van der Waals surface area contributed by atoms with Crippen molar-refractivity contribution in [3.05, 3.63) is 0 Å². The predicted molar refractivity (Wildman–Crippen MR) is 102 cm³/mol. The fraction of sp³-hybridized carbons (Fsp3) is 0.944. The van der Waals surface area contributed by atoms with Crippen molar-refractivity contribution in [2.45, 2.75) is 71.1 Å². The monoisotopic (exact) mass is 389 g/mol. The number of rotatable bonds is 7. The number of sulfonamides is 1. The van der Waals surface area contributed by atoms with Gasteiger partial charge in [0.2, 0.25) is 10.0 Å². The van der Waals surface area contributed by atoms with Crippen molar-refractivity contribution in [3.63, 3.8) is 0 Å². The number of likely N-dealkylation sites (tertiary alicyclic amines) is 1. The molecular weight excluding hydrogens is 354 g/mol. The molecule has 1 saturated heterocycles. The fourth-order valence-corrected chi connectivity index (χ4v) is 4.96. The zero-order chi connectivity index (χ0) is 19.3. The smallest absolute Gasteiger partial charge is 0.317 e. The van der Waals surface area contributed by atoms with Gasteiger partial charge in [0, 0.05) is 19.1 Å². The molecule has 7 nitrogen and oxygen atoms in total. The number of carbonyl (C=O) groups excluding carboxylic acids is 1. The molecule has 0 unspecified atom stereocenters. The number of urea groups is 1. The highest BCUT2D eigenvalue weighted by Gasteiger charge is 2.39. The third kappa shape index (κ3) is 6.09. The maximum absolute atomic E-state index is 12.3. The van der Waals surface area contributed by atoms with Crippen molar-refractivity contribution >= 4 is 16.1 Å². The van der Waals surface area contributed by atoms with Crippen LogP contribution >= 0.6 is 0 Å². The summed E-state index contributed by atoms with van der Waals surface area (Å²) in [7, 11) is -3.33. The van der Waals surface area contributed by atoms with Gasteiger partial charge in [-0.3, -0.25) is 0 Å². The average Bonchev–Trinajstić information content (AvgIpc) is 2.94. The Morgan fingerprint density at radius 2 is 1.85 bits per heavy atom. The molecule has 2 atom stereocenters. The first-order valence-electron chi connectivity index (χ1n) is 9.84. The summed E-state index contributed by atoms with van der Waals surface area (Å²) in [5.41, 5.74) is 0. The Morgan fingerprint density at radius 3 is 2.38 bits per heavy atom. The van der Waals surface area contributed by atoms with Crippen molar-refractivity contribution < 1.29 is 17.9 Å². The van der Waals surface area contributed by atoms with Gasteiger partial charge in [-0.15, -0.1) is 0 Å². The zero-order valence-electron chi connectivity index (χ0n) is 16.5. The molecule has 0 aromatic carbocycles. The van der Waals surface area contributed by atoms with Crippen molar-refractivity contribution in [3.8, 4) is 0 Å². The Hall–Kier alpha value is -0.860. The summed E-state index contributed by atoms with van der Waals surface area (Å²) in [6.45, 7) is 7.88. The highest BCUT2D eigenvalue weighted by atomic mass is 32.2. The summed E-state index contributed by atoms with van der Waals surface area (Å²) in [5, 5.41) is 2.81. The Morgan fingerprint density at radius 1 is 1.19 bits per heavy atom. The number of amides is 2. The minimum absolute atomic E-state index is 0.151. The third-order valence-corrected chi connectivity index (χ3v) is 6.40. The summed E-state index contributed by atoms with van der Waals surface area (Å²) >= 11 is 0. The topological polar surface area (TPSA) is 87.7 Å². The SMILES string of the molecule is CCNC(=O)N1CC[C@H](NS(C)(=O)=O)[C@@H]1COC1CCC(C(C)C)CC1. The molecular formula is C18H35N3O4S. The molecule has 26 heavy (non-hydrogen) atoms. The van der Waals surface area contributed by atoms with Crippen LogP contribution in [0.2, 0.25) is 0 Å². The summed E-state index contributed by atoms with van der Waals surface area (Å²) in [5.74, 6) is 1.48. The number of ether oxygens (including phenoxy) is 1. The molecule has 8 heteroatoms. The Balaban J connectivity index is 1.95. The highest BCUT2D eigenvalue weighted by molar-refractivity contribution is 7.88. The molecule has 2 N–H and O–H groups in total. The molecule has 152 valence electrons. The van der Waals surface area contributed by atoms with Gasteiger partial charge >= 0.3 is 6.03 Å². The first kappa shape index (κ1) is 21.4. The van der Waals surface area contributed by atoms with Crippen molar-refractivity contribution in [1.82, 2.24) is 14.9 Å². The minimum atomic E-state index is -3.33. The van der Waals surface area contributed by atoms with E-state index in [2.05, 4.69) is 23.9 Å². The van der Waals surface area contributed by atoms with Gasteiger partial charge in [0.05, 0.1) is 25.0 Å². The average molecular weight is 390 g/mol. The lowest BCUT2D eigenvalue weighted by Crippen LogP contribution is -2.51. The summed E-state index contributed by atoms with van der Waals surface area (Å²) in [6.07, 6.45) is 6.42. The molecule has 0 aromatic rings. The lowest BCUT2D eigenvalue weighted by Gasteiger charge is -2.33. The van der Waals surface area contributed by atoms with Gasteiger partial charge in [-0.05, 0) is 50.9 Å². The maximum Gasteiger partial charge on any atom is 0.317 e. The van der Waals surface area contributed by atoms with E-state index in [0.29, 0.717) is 32.0 Å². The van der Waals surface area contributed by atoms with Crippen LogP contribution in [0.15, 0.2) is 0 Å². The minimum Gasteiger partial charge on any atom is -0.376 e. The van der Waals surface area contributed by atoms with Crippen LogP contribution in [0.5, 0.6) is 0 Å². The van der Waals surface area contributed by atoms with Crippen LogP contribution in [0.3, 0.4) is 0 Å². The second-order valence-electron chi connectivity index (χ2n) is 8.00. The predicted octanol–water partition coefficient (Wildman–Crippen LogP) is 1.94. The van der Waals surface area contributed by atoms with Crippen LogP contribution in [-0.4, -0.2) is 63.5 Å². The first-order valence-corrected chi connectivity index (χ1v) is 11.7. The lowest BCUT2D eigenvalue weighted by molar-refractivity contribution is -0.00922. The summed E-state index contributed by atoms with van der Waals surface area (Å²) in [6, 6.07) is -0.707. The van der Waals surface area contributed by atoms with Gasteiger partial charge in [0.15, 0.2) is 0 Å². The molecule has 2 amide bonds. The van der Waals surface area contributed by atoms with Gasteiger partial charge < -0.3 is 15.0 Å². The van der Waals surface area contributed by atoms with E-state index in [9.17, 15) is 13.2 Å². The van der Waals surface area contributed by atoms with Gasteiger partial charge in [-0.1, -0.05) is 13.8 Å². The van der Waals surface area contributed by atoms with Crippen molar-refractivity contribution in [2.75, 3.05) is 26.0 Å². The van der Waals surface area contributed by atoms with Crippen LogP contribution < -0.4 is 10.0 Å². The van der Waals surface area contributed by atoms with E-state index in [-0.39, 0.29) is 24.2 Å². The molecule has 2 fully saturated rings. The van der Waals surface area contributed by atoms with Crippen molar-refractivity contribution in [1.29, 1.82) is 0 Å². The zero-order valence-corrected chi connectivity index (χ0v) is 17.3. The van der Waals surface area contributed by atoms with E-state index in [1.54, 1.807) is 4.90 Å².